The summed E-state index contributed by atoms with van der Waals surface area (Å²) >= 11 is 0. The summed E-state index contributed by atoms with van der Waals surface area (Å²) in [5.41, 5.74) is -0.579. The van der Waals surface area contributed by atoms with Crippen LogP contribution in [0.4, 0.5) is 0 Å². The summed E-state index contributed by atoms with van der Waals surface area (Å²) in [4.78, 5) is 14.2. The van der Waals surface area contributed by atoms with Crippen LogP contribution in [-0.2, 0) is 4.79 Å². The fourth-order valence-electron chi connectivity index (χ4n) is 3.17. The van der Waals surface area contributed by atoms with Gasteiger partial charge >= 0.3 is 0 Å². The summed E-state index contributed by atoms with van der Waals surface area (Å²) < 4.78 is 0. The molecule has 2 fully saturated rings. The minimum Gasteiger partial charge on any atom is -0.390 e. The van der Waals surface area contributed by atoms with Crippen LogP contribution in [0.2, 0.25) is 0 Å². The maximum absolute atomic E-state index is 12.2. The van der Waals surface area contributed by atoms with Crippen LogP contribution in [0, 0.1) is 5.92 Å². The molecular weight excluding hydrogens is 240 g/mol. The van der Waals surface area contributed by atoms with Gasteiger partial charge in [-0.3, -0.25) is 4.79 Å². The fraction of sp³-hybridized carbons (Fsp3) is 0.933. The number of hydrogen-bond acceptors (Lipinski definition) is 3. The molecule has 19 heavy (non-hydrogen) atoms. The Morgan fingerprint density at radius 1 is 1.32 bits per heavy atom. The Balaban J connectivity index is 1.73. The molecule has 1 unspecified atom stereocenters. The molecule has 0 bridgehead atoms. The van der Waals surface area contributed by atoms with Crippen LogP contribution in [0.15, 0.2) is 0 Å². The molecule has 0 aromatic carbocycles. The van der Waals surface area contributed by atoms with Gasteiger partial charge in [-0.1, -0.05) is 0 Å². The van der Waals surface area contributed by atoms with Gasteiger partial charge in [-0.15, -0.1) is 0 Å². The molecule has 4 heteroatoms. The van der Waals surface area contributed by atoms with Crippen molar-refractivity contribution in [3.05, 3.63) is 0 Å². The molecule has 2 aliphatic heterocycles. The number of carbonyl (C=O) groups excluding carboxylic acids is 1. The van der Waals surface area contributed by atoms with E-state index in [9.17, 15) is 9.90 Å². The molecule has 0 spiro atoms. The summed E-state index contributed by atoms with van der Waals surface area (Å²) in [5.74, 6) is 1.01. The lowest BCUT2D eigenvalue weighted by Gasteiger charge is -2.25. The molecule has 110 valence electrons. The molecule has 1 amide bonds. The van der Waals surface area contributed by atoms with Crippen LogP contribution in [0.5, 0.6) is 0 Å². The maximum atomic E-state index is 12.2. The van der Waals surface area contributed by atoms with Crippen molar-refractivity contribution >= 4 is 5.91 Å². The van der Waals surface area contributed by atoms with Gasteiger partial charge in [0.15, 0.2) is 0 Å². The number of aliphatic hydroxyl groups is 1. The quantitative estimate of drug-likeness (QED) is 0.816. The standard InChI is InChI=1S/C15H28N2O2/c1-15(19)7-2-11-17(12-8-15)14(18)4-3-13-5-9-16-10-6-13/h13,16,19H,2-12H2,1H3. The van der Waals surface area contributed by atoms with E-state index < -0.39 is 5.60 Å². The highest BCUT2D eigenvalue weighted by atomic mass is 16.3. The molecule has 2 N–H and O–H groups in total. The first kappa shape index (κ1) is 14.8. The zero-order valence-corrected chi connectivity index (χ0v) is 12.2. The van der Waals surface area contributed by atoms with E-state index in [1.165, 1.54) is 12.8 Å². The van der Waals surface area contributed by atoms with Crippen molar-refractivity contribution in [2.75, 3.05) is 26.2 Å². The highest BCUT2D eigenvalue weighted by Gasteiger charge is 2.27. The number of piperidine rings is 1. The van der Waals surface area contributed by atoms with E-state index in [-0.39, 0.29) is 5.91 Å². The number of nitrogens with zero attached hydrogens (tertiary/aromatic N) is 1. The molecular formula is C15H28N2O2. The van der Waals surface area contributed by atoms with E-state index >= 15 is 0 Å². The van der Waals surface area contributed by atoms with Crippen LogP contribution >= 0.6 is 0 Å². The van der Waals surface area contributed by atoms with Crippen molar-refractivity contribution in [2.45, 2.75) is 57.5 Å². The second-order valence-corrected chi connectivity index (χ2v) is 6.46. The van der Waals surface area contributed by atoms with Gasteiger partial charge in [-0.25, -0.2) is 0 Å². The summed E-state index contributed by atoms with van der Waals surface area (Å²) in [6, 6.07) is 0. The molecule has 0 radical (unpaired) electrons. The lowest BCUT2D eigenvalue weighted by Crippen LogP contribution is -2.34. The van der Waals surface area contributed by atoms with E-state index in [2.05, 4.69) is 5.32 Å². The van der Waals surface area contributed by atoms with E-state index in [0.717, 1.165) is 51.4 Å². The van der Waals surface area contributed by atoms with Gasteiger partial charge in [0, 0.05) is 19.5 Å². The minimum atomic E-state index is -0.579. The van der Waals surface area contributed by atoms with Crippen molar-refractivity contribution in [2.24, 2.45) is 5.92 Å². The first-order chi connectivity index (χ1) is 9.07. The third kappa shape index (κ3) is 4.77. The molecule has 2 aliphatic rings. The number of hydrogen-bond donors (Lipinski definition) is 2. The first-order valence-electron chi connectivity index (χ1n) is 7.78. The van der Waals surface area contributed by atoms with E-state index in [1.807, 2.05) is 11.8 Å². The Kier molecular flexibility index (Phi) is 5.22. The maximum Gasteiger partial charge on any atom is 0.222 e. The van der Waals surface area contributed by atoms with Gasteiger partial charge in [0.25, 0.3) is 0 Å². The summed E-state index contributed by atoms with van der Waals surface area (Å²) in [5, 5.41) is 13.4. The molecule has 0 aromatic heterocycles. The first-order valence-corrected chi connectivity index (χ1v) is 7.78. The van der Waals surface area contributed by atoms with Gasteiger partial charge < -0.3 is 15.3 Å². The predicted molar refractivity (Wildman–Crippen MR) is 75.9 cm³/mol. The highest BCUT2D eigenvalue weighted by Crippen LogP contribution is 2.23. The average molecular weight is 268 g/mol. The Morgan fingerprint density at radius 2 is 2.05 bits per heavy atom. The molecule has 0 aliphatic carbocycles. The average Bonchev–Trinajstić information content (AvgIpc) is 2.58. The Labute approximate surface area is 116 Å². The van der Waals surface area contributed by atoms with Crippen molar-refractivity contribution in [3.8, 4) is 0 Å². The van der Waals surface area contributed by atoms with Gasteiger partial charge in [-0.2, -0.15) is 0 Å². The zero-order valence-electron chi connectivity index (χ0n) is 12.2. The lowest BCUT2D eigenvalue weighted by molar-refractivity contribution is -0.131. The number of likely N-dealkylation sites (tertiary alicyclic amines) is 1. The molecule has 1 atom stereocenters. The normalized spacial score (nSPS) is 30.1. The minimum absolute atomic E-state index is 0.288. The Hall–Kier alpha value is -0.610. The molecule has 4 nitrogen and oxygen atoms in total. The van der Waals surface area contributed by atoms with Gasteiger partial charge in [-0.05, 0) is 64.5 Å². The van der Waals surface area contributed by atoms with Crippen molar-refractivity contribution in [1.82, 2.24) is 10.2 Å². The predicted octanol–water partition coefficient (Wildman–Crippen LogP) is 1.53. The topological polar surface area (TPSA) is 52.6 Å². The van der Waals surface area contributed by atoms with Crippen LogP contribution in [0.3, 0.4) is 0 Å². The monoisotopic (exact) mass is 268 g/mol. The largest absolute Gasteiger partial charge is 0.390 e. The number of rotatable bonds is 3. The van der Waals surface area contributed by atoms with Crippen LogP contribution in [-0.4, -0.2) is 47.7 Å². The lowest BCUT2D eigenvalue weighted by atomic mass is 9.93. The number of amides is 1. The smallest absolute Gasteiger partial charge is 0.222 e. The highest BCUT2D eigenvalue weighted by molar-refractivity contribution is 5.76. The van der Waals surface area contributed by atoms with Gasteiger partial charge in [0.2, 0.25) is 5.91 Å². The Bertz CT molecular complexity index is 299. The number of carbonyl (C=O) groups is 1. The molecule has 2 saturated heterocycles. The number of nitrogens with one attached hydrogen (secondary N) is 1. The SMILES string of the molecule is CC1(O)CCCN(C(=O)CCC2CCNCC2)CC1. The summed E-state index contributed by atoms with van der Waals surface area (Å²) in [6.07, 6.45) is 6.59. The van der Waals surface area contributed by atoms with Crippen molar-refractivity contribution in [1.29, 1.82) is 0 Å². The van der Waals surface area contributed by atoms with Crippen LogP contribution < -0.4 is 5.32 Å². The van der Waals surface area contributed by atoms with E-state index in [0.29, 0.717) is 12.8 Å². The molecule has 0 aromatic rings. The second-order valence-electron chi connectivity index (χ2n) is 6.46. The third-order valence-electron chi connectivity index (χ3n) is 4.64. The Morgan fingerprint density at radius 3 is 2.79 bits per heavy atom. The summed E-state index contributed by atoms with van der Waals surface area (Å²) in [7, 11) is 0. The molecule has 0 saturated carbocycles. The fourth-order valence-corrected chi connectivity index (χ4v) is 3.17. The van der Waals surface area contributed by atoms with E-state index in [1.54, 1.807) is 0 Å². The summed E-state index contributed by atoms with van der Waals surface area (Å²) in [6.45, 7) is 5.63. The van der Waals surface area contributed by atoms with Crippen LogP contribution in [0.25, 0.3) is 0 Å². The molecule has 2 rings (SSSR count). The van der Waals surface area contributed by atoms with Gasteiger partial charge in [0.05, 0.1) is 5.60 Å². The second kappa shape index (κ2) is 6.71. The van der Waals surface area contributed by atoms with Gasteiger partial charge in [0.1, 0.15) is 0 Å². The van der Waals surface area contributed by atoms with Crippen molar-refractivity contribution < 1.29 is 9.90 Å². The zero-order chi connectivity index (χ0) is 13.7. The van der Waals surface area contributed by atoms with E-state index in [4.69, 9.17) is 0 Å². The molecule has 2 heterocycles. The third-order valence-corrected chi connectivity index (χ3v) is 4.64. The van der Waals surface area contributed by atoms with Crippen LogP contribution in [0.1, 0.15) is 51.9 Å². The van der Waals surface area contributed by atoms with Crippen molar-refractivity contribution in [3.63, 3.8) is 0 Å².